The number of hydrogen-bond donors (Lipinski definition) is 1. The molecular weight excluding hydrogens is 432 g/mol. The minimum atomic E-state index is -0.278. The smallest absolute Gasteiger partial charge is 0.259 e. The standard InChI is InChI=1S/C27H26N2O5/c1-17-24(18(2)34-29-17)16-33-26-8-6-5-7-22(26)27(30)28-20-11-14-25(32-4)23(15-20)19-9-12-21(31-3)13-10-19/h5-15H,16H2,1-4H3,(H,28,30). The van der Waals surface area contributed by atoms with Gasteiger partial charge in [-0.1, -0.05) is 29.4 Å². The normalized spacial score (nSPS) is 10.6. The Labute approximate surface area is 198 Å². The number of ether oxygens (including phenoxy) is 3. The molecule has 1 aromatic heterocycles. The number of aryl methyl sites for hydroxylation is 2. The summed E-state index contributed by atoms with van der Waals surface area (Å²) in [6.45, 7) is 3.95. The van der Waals surface area contributed by atoms with Gasteiger partial charge in [0.15, 0.2) is 0 Å². The highest BCUT2D eigenvalue weighted by Gasteiger charge is 2.16. The molecule has 7 heteroatoms. The molecule has 174 valence electrons. The number of hydrogen-bond acceptors (Lipinski definition) is 6. The Hall–Kier alpha value is -4.26. The first-order chi connectivity index (χ1) is 16.5. The minimum Gasteiger partial charge on any atom is -0.497 e. The van der Waals surface area contributed by atoms with Crippen LogP contribution >= 0.6 is 0 Å². The van der Waals surface area contributed by atoms with Gasteiger partial charge >= 0.3 is 0 Å². The molecule has 4 rings (SSSR count). The number of anilines is 1. The SMILES string of the molecule is COc1ccc(-c2cc(NC(=O)c3ccccc3OCc3c(C)noc3C)ccc2OC)cc1. The molecule has 1 N–H and O–H groups in total. The fourth-order valence-corrected chi connectivity index (χ4v) is 3.62. The van der Waals surface area contributed by atoms with Gasteiger partial charge in [-0.05, 0) is 61.9 Å². The van der Waals surface area contributed by atoms with E-state index in [1.165, 1.54) is 0 Å². The van der Waals surface area contributed by atoms with Crippen molar-refractivity contribution in [3.05, 3.63) is 89.3 Å². The molecule has 0 atom stereocenters. The average molecular weight is 459 g/mol. The molecule has 0 radical (unpaired) electrons. The lowest BCUT2D eigenvalue weighted by Crippen LogP contribution is -2.14. The van der Waals surface area contributed by atoms with Crippen molar-refractivity contribution in [1.29, 1.82) is 0 Å². The largest absolute Gasteiger partial charge is 0.497 e. The van der Waals surface area contributed by atoms with E-state index < -0.39 is 0 Å². The minimum absolute atomic E-state index is 0.260. The van der Waals surface area contributed by atoms with E-state index in [0.717, 1.165) is 28.1 Å². The Morgan fingerprint density at radius 1 is 0.941 bits per heavy atom. The van der Waals surface area contributed by atoms with Gasteiger partial charge in [-0.25, -0.2) is 0 Å². The molecule has 3 aromatic carbocycles. The van der Waals surface area contributed by atoms with E-state index >= 15 is 0 Å². The van der Waals surface area contributed by atoms with Gasteiger partial charge in [0.25, 0.3) is 5.91 Å². The molecule has 0 saturated heterocycles. The number of carbonyl (C=O) groups excluding carboxylic acids is 1. The van der Waals surface area contributed by atoms with E-state index in [4.69, 9.17) is 18.7 Å². The summed E-state index contributed by atoms with van der Waals surface area (Å²) in [5.74, 6) is 2.36. The summed E-state index contributed by atoms with van der Waals surface area (Å²) in [5, 5.41) is 6.92. The number of nitrogens with zero attached hydrogens (tertiary/aromatic N) is 1. The Kier molecular flexibility index (Phi) is 6.82. The molecule has 0 aliphatic heterocycles. The second-order valence-electron chi connectivity index (χ2n) is 7.69. The van der Waals surface area contributed by atoms with E-state index in [2.05, 4.69) is 10.5 Å². The zero-order chi connectivity index (χ0) is 24.1. The molecule has 0 saturated carbocycles. The van der Waals surface area contributed by atoms with Gasteiger partial charge in [-0.3, -0.25) is 4.79 Å². The molecular formula is C27H26N2O5. The summed E-state index contributed by atoms with van der Waals surface area (Å²) in [6, 6.07) is 20.3. The number of carbonyl (C=O) groups is 1. The van der Waals surface area contributed by atoms with Crippen LogP contribution in [0.3, 0.4) is 0 Å². The van der Waals surface area contributed by atoms with Crippen molar-refractivity contribution in [3.8, 4) is 28.4 Å². The van der Waals surface area contributed by atoms with Crippen LogP contribution in [-0.2, 0) is 6.61 Å². The maximum Gasteiger partial charge on any atom is 0.259 e. The van der Waals surface area contributed by atoms with Gasteiger partial charge in [0.1, 0.15) is 29.6 Å². The first-order valence-corrected chi connectivity index (χ1v) is 10.8. The molecule has 7 nitrogen and oxygen atoms in total. The lowest BCUT2D eigenvalue weighted by molar-refractivity contribution is 0.102. The van der Waals surface area contributed by atoms with Crippen LogP contribution in [0.25, 0.3) is 11.1 Å². The van der Waals surface area contributed by atoms with Gasteiger partial charge in [-0.15, -0.1) is 0 Å². The van der Waals surface area contributed by atoms with Crippen LogP contribution < -0.4 is 19.5 Å². The number of rotatable bonds is 8. The fraction of sp³-hybridized carbons (Fsp3) is 0.185. The quantitative estimate of drug-likeness (QED) is 0.359. The van der Waals surface area contributed by atoms with Crippen molar-refractivity contribution in [2.24, 2.45) is 0 Å². The van der Waals surface area contributed by atoms with Crippen LogP contribution in [0.1, 0.15) is 27.4 Å². The Bertz CT molecular complexity index is 1280. The summed E-state index contributed by atoms with van der Waals surface area (Å²) < 4.78 is 21.9. The second kappa shape index (κ2) is 10.1. The number of para-hydroxylation sites is 1. The number of aromatic nitrogens is 1. The number of amides is 1. The number of nitrogens with one attached hydrogen (secondary N) is 1. The third kappa shape index (κ3) is 4.88. The van der Waals surface area contributed by atoms with Crippen molar-refractivity contribution in [1.82, 2.24) is 5.16 Å². The predicted octanol–water partition coefficient (Wildman–Crippen LogP) is 5.81. The maximum absolute atomic E-state index is 13.1. The highest BCUT2D eigenvalue weighted by Crippen LogP contribution is 2.34. The lowest BCUT2D eigenvalue weighted by Gasteiger charge is -2.14. The second-order valence-corrected chi connectivity index (χ2v) is 7.69. The van der Waals surface area contributed by atoms with Crippen molar-refractivity contribution in [3.63, 3.8) is 0 Å². The zero-order valence-corrected chi connectivity index (χ0v) is 19.5. The van der Waals surface area contributed by atoms with Crippen molar-refractivity contribution in [2.75, 3.05) is 19.5 Å². The summed E-state index contributed by atoms with van der Waals surface area (Å²) in [5.41, 5.74) is 4.49. The third-order valence-corrected chi connectivity index (χ3v) is 5.54. The van der Waals surface area contributed by atoms with Crippen LogP contribution in [0.5, 0.6) is 17.2 Å². The molecule has 0 unspecified atom stereocenters. The van der Waals surface area contributed by atoms with E-state index in [-0.39, 0.29) is 12.5 Å². The van der Waals surface area contributed by atoms with E-state index in [1.807, 2.05) is 56.3 Å². The number of benzene rings is 3. The van der Waals surface area contributed by atoms with Crippen molar-refractivity contribution >= 4 is 11.6 Å². The topological polar surface area (TPSA) is 82.8 Å². The van der Waals surface area contributed by atoms with Gasteiger partial charge in [0.05, 0.1) is 31.0 Å². The van der Waals surface area contributed by atoms with Crippen LogP contribution in [0.4, 0.5) is 5.69 Å². The Morgan fingerprint density at radius 2 is 1.71 bits per heavy atom. The molecule has 0 aliphatic carbocycles. The van der Waals surface area contributed by atoms with Gasteiger partial charge < -0.3 is 24.1 Å². The number of methoxy groups -OCH3 is 2. The zero-order valence-electron chi connectivity index (χ0n) is 19.5. The van der Waals surface area contributed by atoms with E-state index in [1.54, 1.807) is 38.5 Å². The first-order valence-electron chi connectivity index (χ1n) is 10.8. The molecule has 0 spiro atoms. The van der Waals surface area contributed by atoms with Crippen LogP contribution in [0.15, 0.2) is 71.3 Å². The van der Waals surface area contributed by atoms with E-state index in [9.17, 15) is 4.79 Å². The summed E-state index contributed by atoms with van der Waals surface area (Å²) in [6.07, 6.45) is 0. The maximum atomic E-state index is 13.1. The Balaban J connectivity index is 1.56. The molecule has 1 amide bonds. The summed E-state index contributed by atoms with van der Waals surface area (Å²) in [4.78, 5) is 13.1. The molecule has 0 aliphatic rings. The van der Waals surface area contributed by atoms with Gasteiger partial charge in [0.2, 0.25) is 0 Å². The highest BCUT2D eigenvalue weighted by molar-refractivity contribution is 6.06. The molecule has 0 fully saturated rings. The van der Waals surface area contributed by atoms with Crippen molar-refractivity contribution < 1.29 is 23.5 Å². The van der Waals surface area contributed by atoms with E-state index in [0.29, 0.717) is 28.5 Å². The van der Waals surface area contributed by atoms with Crippen LogP contribution in [-0.4, -0.2) is 25.3 Å². The summed E-state index contributed by atoms with van der Waals surface area (Å²) >= 11 is 0. The summed E-state index contributed by atoms with van der Waals surface area (Å²) in [7, 11) is 3.24. The third-order valence-electron chi connectivity index (χ3n) is 5.54. The average Bonchev–Trinajstić information content (AvgIpc) is 3.19. The molecule has 34 heavy (non-hydrogen) atoms. The van der Waals surface area contributed by atoms with Crippen LogP contribution in [0, 0.1) is 13.8 Å². The Morgan fingerprint density at radius 3 is 2.38 bits per heavy atom. The van der Waals surface area contributed by atoms with Gasteiger partial charge in [-0.2, -0.15) is 0 Å². The lowest BCUT2D eigenvalue weighted by atomic mass is 10.0. The van der Waals surface area contributed by atoms with Crippen molar-refractivity contribution in [2.45, 2.75) is 20.5 Å². The van der Waals surface area contributed by atoms with Crippen LogP contribution in [0.2, 0.25) is 0 Å². The molecule has 4 aromatic rings. The predicted molar refractivity (Wildman–Crippen MR) is 130 cm³/mol. The molecule has 1 heterocycles. The first kappa shape index (κ1) is 22.9. The monoisotopic (exact) mass is 458 g/mol. The highest BCUT2D eigenvalue weighted by atomic mass is 16.5. The fourth-order valence-electron chi connectivity index (χ4n) is 3.62. The molecule has 0 bridgehead atoms. The van der Waals surface area contributed by atoms with Gasteiger partial charge in [0, 0.05) is 11.3 Å².